The summed E-state index contributed by atoms with van der Waals surface area (Å²) < 4.78 is 66.1. The maximum atomic E-state index is 13.6. The fourth-order valence-electron chi connectivity index (χ4n) is 3.50. The van der Waals surface area contributed by atoms with E-state index in [-0.39, 0.29) is 23.2 Å². The molecule has 0 bridgehead atoms. The van der Waals surface area contributed by atoms with Crippen LogP contribution in [0, 0.1) is 0 Å². The Morgan fingerprint density at radius 1 is 1.23 bits per heavy atom. The van der Waals surface area contributed by atoms with E-state index >= 15 is 0 Å². The van der Waals surface area contributed by atoms with E-state index < -0.39 is 17.5 Å². The van der Waals surface area contributed by atoms with Crippen LogP contribution in [0.1, 0.15) is 18.4 Å². The lowest BCUT2D eigenvalue weighted by Gasteiger charge is -2.24. The van der Waals surface area contributed by atoms with Crippen LogP contribution >= 0.6 is 11.8 Å². The van der Waals surface area contributed by atoms with Crippen LogP contribution in [-0.4, -0.2) is 39.8 Å². The van der Waals surface area contributed by atoms with Gasteiger partial charge in [-0.3, -0.25) is 0 Å². The standard InChI is InChI=1S/C19H18F5N5S/c20-17(21)30-11-3-4-12-13(8-26-15(12)6-11)16-14(19(22,23)24)9-27-18(29-16)28-10-2-1-5-25-7-10/h3-4,6,8-10,17,25-26H,1-2,5,7H2,(H,27,28,29)/t10-/m0/s1. The van der Waals surface area contributed by atoms with Crippen LogP contribution in [0.4, 0.5) is 27.9 Å². The molecular weight excluding hydrogens is 425 g/mol. The molecule has 1 aromatic carbocycles. The number of hydrogen-bond acceptors (Lipinski definition) is 5. The number of thioether (sulfide) groups is 1. The van der Waals surface area contributed by atoms with Gasteiger partial charge in [-0.15, -0.1) is 0 Å². The number of nitrogens with zero attached hydrogens (tertiary/aromatic N) is 2. The highest BCUT2D eigenvalue weighted by Gasteiger charge is 2.36. The number of benzene rings is 1. The molecule has 0 spiro atoms. The van der Waals surface area contributed by atoms with Crippen LogP contribution in [-0.2, 0) is 6.18 Å². The molecule has 5 nitrogen and oxygen atoms in total. The Bertz CT molecular complexity index is 1030. The van der Waals surface area contributed by atoms with Crippen molar-refractivity contribution in [1.29, 1.82) is 0 Å². The van der Waals surface area contributed by atoms with Gasteiger partial charge in [-0.1, -0.05) is 17.8 Å². The number of aromatic amines is 1. The van der Waals surface area contributed by atoms with E-state index in [4.69, 9.17) is 0 Å². The molecule has 4 rings (SSSR count). The predicted octanol–water partition coefficient (Wildman–Crippen LogP) is 5.12. The number of fused-ring (bicyclic) bond motifs is 1. The molecule has 3 heterocycles. The van der Waals surface area contributed by atoms with Crippen LogP contribution in [0.15, 0.2) is 35.5 Å². The lowest BCUT2D eigenvalue weighted by Crippen LogP contribution is -2.38. The van der Waals surface area contributed by atoms with E-state index in [1.807, 2.05) is 0 Å². The van der Waals surface area contributed by atoms with Crippen molar-refractivity contribution >= 4 is 28.6 Å². The molecule has 160 valence electrons. The third-order valence-corrected chi connectivity index (χ3v) is 5.56. The van der Waals surface area contributed by atoms with Crippen molar-refractivity contribution in [2.75, 3.05) is 18.4 Å². The first kappa shape index (κ1) is 20.9. The van der Waals surface area contributed by atoms with E-state index in [2.05, 4.69) is 25.6 Å². The smallest absolute Gasteiger partial charge is 0.360 e. The van der Waals surface area contributed by atoms with Crippen LogP contribution in [0.2, 0.25) is 0 Å². The third kappa shape index (κ3) is 4.51. The number of hydrogen-bond donors (Lipinski definition) is 3. The first-order chi connectivity index (χ1) is 14.3. The molecule has 0 aliphatic carbocycles. The number of halogens is 5. The van der Waals surface area contributed by atoms with Crippen LogP contribution in [0.5, 0.6) is 0 Å². The summed E-state index contributed by atoms with van der Waals surface area (Å²) in [4.78, 5) is 11.2. The fraction of sp³-hybridized carbons (Fsp3) is 0.368. The zero-order valence-electron chi connectivity index (χ0n) is 15.6. The first-order valence-electron chi connectivity index (χ1n) is 9.29. The average molecular weight is 443 g/mol. The normalized spacial score (nSPS) is 17.6. The van der Waals surface area contributed by atoms with Crippen molar-refractivity contribution in [3.63, 3.8) is 0 Å². The molecule has 0 radical (unpaired) electrons. The van der Waals surface area contributed by atoms with Gasteiger partial charge in [-0.2, -0.15) is 22.0 Å². The molecule has 3 N–H and O–H groups in total. The summed E-state index contributed by atoms with van der Waals surface area (Å²) in [5.74, 6) is -2.47. The van der Waals surface area contributed by atoms with Crippen molar-refractivity contribution < 1.29 is 22.0 Å². The van der Waals surface area contributed by atoms with Gasteiger partial charge >= 0.3 is 6.18 Å². The van der Waals surface area contributed by atoms with Crippen LogP contribution in [0.25, 0.3) is 22.2 Å². The SMILES string of the molecule is FC(F)Sc1ccc2c(-c3nc(N[C@H]4CCCNC4)ncc3C(F)(F)F)c[nH]c2c1. The predicted molar refractivity (Wildman–Crippen MR) is 106 cm³/mol. The number of rotatable bonds is 5. The highest BCUT2D eigenvalue weighted by molar-refractivity contribution is 7.99. The van der Waals surface area contributed by atoms with E-state index in [0.29, 0.717) is 34.1 Å². The summed E-state index contributed by atoms with van der Waals surface area (Å²) in [5, 5.41) is 6.77. The summed E-state index contributed by atoms with van der Waals surface area (Å²) in [6, 6.07) is 4.49. The van der Waals surface area contributed by atoms with Crippen molar-refractivity contribution in [1.82, 2.24) is 20.3 Å². The minimum absolute atomic E-state index is 0.0280. The Kier molecular flexibility index (Phi) is 5.83. The summed E-state index contributed by atoms with van der Waals surface area (Å²) in [6.45, 7) is 1.58. The zero-order valence-corrected chi connectivity index (χ0v) is 16.4. The van der Waals surface area contributed by atoms with Crippen LogP contribution in [0.3, 0.4) is 0 Å². The summed E-state index contributed by atoms with van der Waals surface area (Å²) in [6.07, 6.45) is -0.641. The second-order valence-electron chi connectivity index (χ2n) is 6.93. The summed E-state index contributed by atoms with van der Waals surface area (Å²) in [5.41, 5.74) is -0.530. The number of H-pyrrole nitrogens is 1. The monoisotopic (exact) mass is 443 g/mol. The van der Waals surface area contributed by atoms with Gasteiger partial charge in [-0.25, -0.2) is 9.97 Å². The van der Waals surface area contributed by atoms with Crippen LogP contribution < -0.4 is 10.6 Å². The number of nitrogens with one attached hydrogen (secondary N) is 3. The second-order valence-corrected chi connectivity index (χ2v) is 7.99. The number of anilines is 1. The van der Waals surface area contributed by atoms with E-state index in [9.17, 15) is 22.0 Å². The molecule has 0 saturated carbocycles. The highest BCUT2D eigenvalue weighted by atomic mass is 32.2. The van der Waals surface area contributed by atoms with Crippen molar-refractivity contribution in [2.24, 2.45) is 0 Å². The molecule has 2 aromatic heterocycles. The van der Waals surface area contributed by atoms with Gasteiger partial charge in [0.05, 0.1) is 5.69 Å². The average Bonchev–Trinajstić information content (AvgIpc) is 3.10. The van der Waals surface area contributed by atoms with Gasteiger partial charge in [-0.05, 0) is 31.5 Å². The molecule has 30 heavy (non-hydrogen) atoms. The molecule has 0 unspecified atom stereocenters. The summed E-state index contributed by atoms with van der Waals surface area (Å²) in [7, 11) is 0. The molecule has 1 aliphatic heterocycles. The minimum atomic E-state index is -4.64. The molecule has 3 aromatic rings. The topological polar surface area (TPSA) is 65.6 Å². The van der Waals surface area contributed by atoms with Gasteiger partial charge in [0.15, 0.2) is 0 Å². The number of piperidine rings is 1. The van der Waals surface area contributed by atoms with Gasteiger partial charge in [0.25, 0.3) is 5.76 Å². The first-order valence-corrected chi connectivity index (χ1v) is 10.2. The highest BCUT2D eigenvalue weighted by Crippen LogP contribution is 2.39. The Morgan fingerprint density at radius 3 is 2.77 bits per heavy atom. The maximum absolute atomic E-state index is 13.6. The van der Waals surface area contributed by atoms with Crippen molar-refractivity contribution in [3.8, 4) is 11.3 Å². The molecular formula is C19H18F5N5S. The van der Waals surface area contributed by atoms with E-state index in [1.165, 1.54) is 24.4 Å². The van der Waals surface area contributed by atoms with E-state index in [0.717, 1.165) is 25.6 Å². The van der Waals surface area contributed by atoms with E-state index in [1.54, 1.807) is 0 Å². The lowest BCUT2D eigenvalue weighted by molar-refractivity contribution is -0.137. The molecule has 1 atom stereocenters. The zero-order chi connectivity index (χ0) is 21.3. The number of aromatic nitrogens is 3. The molecule has 1 aliphatic rings. The van der Waals surface area contributed by atoms with Crippen molar-refractivity contribution in [2.45, 2.75) is 35.7 Å². The Labute approximate surface area is 172 Å². The number of alkyl halides is 5. The molecule has 11 heteroatoms. The van der Waals surface area contributed by atoms with Crippen molar-refractivity contribution in [3.05, 3.63) is 36.2 Å². The third-order valence-electron chi connectivity index (χ3n) is 4.86. The largest absolute Gasteiger partial charge is 0.419 e. The second kappa shape index (κ2) is 8.38. The summed E-state index contributed by atoms with van der Waals surface area (Å²) >= 11 is 0.373. The minimum Gasteiger partial charge on any atom is -0.360 e. The molecule has 1 saturated heterocycles. The Hall–Kier alpha value is -2.40. The fourth-order valence-corrected chi connectivity index (χ4v) is 4.04. The van der Waals surface area contributed by atoms with Gasteiger partial charge in [0.1, 0.15) is 5.56 Å². The quantitative estimate of drug-likeness (QED) is 0.377. The van der Waals surface area contributed by atoms with Gasteiger partial charge in [0, 0.05) is 46.3 Å². The Morgan fingerprint density at radius 2 is 2.07 bits per heavy atom. The van der Waals surface area contributed by atoms with Gasteiger partial charge < -0.3 is 15.6 Å². The maximum Gasteiger partial charge on any atom is 0.419 e. The lowest BCUT2D eigenvalue weighted by atomic mass is 10.1. The Balaban J connectivity index is 1.74. The molecule has 1 fully saturated rings. The molecule has 0 amide bonds. The van der Waals surface area contributed by atoms with Gasteiger partial charge in [0.2, 0.25) is 5.95 Å².